The molecular weight excluding hydrogens is 288 g/mol. The molecule has 3 N–H and O–H groups in total. The molecule has 21 heavy (non-hydrogen) atoms. The van der Waals surface area contributed by atoms with Crippen molar-refractivity contribution in [3.8, 4) is 5.75 Å². The van der Waals surface area contributed by atoms with Gasteiger partial charge in [-0.25, -0.2) is 0 Å². The number of nitrogens with two attached hydrogens (primary N) is 1. The highest BCUT2D eigenvalue weighted by molar-refractivity contribution is 5.88. The van der Waals surface area contributed by atoms with Crippen LogP contribution in [0.3, 0.4) is 0 Å². The SMILES string of the molecule is Cl.NCCCC(=O)NCCOc1cccc2ccccc12. The van der Waals surface area contributed by atoms with Gasteiger partial charge in [0.2, 0.25) is 5.91 Å². The molecule has 0 saturated heterocycles. The summed E-state index contributed by atoms with van der Waals surface area (Å²) in [5, 5.41) is 5.05. The first-order chi connectivity index (χ1) is 9.81. The van der Waals surface area contributed by atoms with E-state index in [2.05, 4.69) is 17.4 Å². The molecule has 0 spiro atoms. The van der Waals surface area contributed by atoms with Crippen LogP contribution in [-0.2, 0) is 4.79 Å². The minimum atomic E-state index is 0. The molecule has 0 aromatic heterocycles. The fourth-order valence-electron chi connectivity index (χ4n) is 2.02. The van der Waals surface area contributed by atoms with E-state index in [0.717, 1.165) is 22.9 Å². The number of carbonyl (C=O) groups is 1. The second-order valence-corrected chi connectivity index (χ2v) is 4.57. The van der Waals surface area contributed by atoms with E-state index in [1.54, 1.807) is 0 Å². The summed E-state index contributed by atoms with van der Waals surface area (Å²) in [6, 6.07) is 14.0. The van der Waals surface area contributed by atoms with Gasteiger partial charge in [-0.1, -0.05) is 36.4 Å². The van der Waals surface area contributed by atoms with Gasteiger partial charge < -0.3 is 15.8 Å². The van der Waals surface area contributed by atoms with Crippen molar-refractivity contribution in [2.24, 2.45) is 5.73 Å². The van der Waals surface area contributed by atoms with Crippen LogP contribution >= 0.6 is 12.4 Å². The van der Waals surface area contributed by atoms with Crippen molar-refractivity contribution in [1.29, 1.82) is 0 Å². The third kappa shape index (κ3) is 5.25. The Kier molecular flexibility index (Phi) is 7.58. The molecule has 0 saturated carbocycles. The summed E-state index contributed by atoms with van der Waals surface area (Å²) in [6.45, 7) is 1.51. The maximum absolute atomic E-state index is 11.4. The predicted molar refractivity (Wildman–Crippen MR) is 88.0 cm³/mol. The van der Waals surface area contributed by atoms with Crippen molar-refractivity contribution >= 4 is 29.1 Å². The van der Waals surface area contributed by atoms with Gasteiger partial charge in [0.15, 0.2) is 0 Å². The maximum Gasteiger partial charge on any atom is 0.220 e. The summed E-state index contributed by atoms with van der Waals surface area (Å²) < 4.78 is 5.73. The second kappa shape index (κ2) is 9.21. The van der Waals surface area contributed by atoms with Crippen molar-refractivity contribution in [3.63, 3.8) is 0 Å². The monoisotopic (exact) mass is 308 g/mol. The van der Waals surface area contributed by atoms with Crippen molar-refractivity contribution in [2.45, 2.75) is 12.8 Å². The zero-order chi connectivity index (χ0) is 14.2. The highest BCUT2D eigenvalue weighted by Crippen LogP contribution is 2.24. The predicted octanol–water partition coefficient (Wildman–Crippen LogP) is 2.50. The van der Waals surface area contributed by atoms with Crippen LogP contribution in [0.15, 0.2) is 42.5 Å². The van der Waals surface area contributed by atoms with Crippen LogP contribution in [0.4, 0.5) is 0 Å². The fraction of sp³-hybridized carbons (Fsp3) is 0.312. The first-order valence-electron chi connectivity index (χ1n) is 6.88. The summed E-state index contributed by atoms with van der Waals surface area (Å²) in [5.41, 5.74) is 5.36. The number of fused-ring (bicyclic) bond motifs is 1. The lowest BCUT2D eigenvalue weighted by Gasteiger charge is -2.10. The number of benzene rings is 2. The minimum absolute atomic E-state index is 0. The highest BCUT2D eigenvalue weighted by atomic mass is 35.5. The molecule has 0 atom stereocenters. The summed E-state index contributed by atoms with van der Waals surface area (Å²) in [5.74, 6) is 0.872. The standard InChI is InChI=1S/C16H20N2O2.ClH/c17-10-4-9-16(19)18-11-12-20-15-8-3-6-13-5-1-2-7-14(13)15;/h1-3,5-8H,4,9-12,17H2,(H,18,19);1H. The normalized spacial score (nSPS) is 9.95. The van der Waals surface area contributed by atoms with E-state index in [0.29, 0.717) is 26.1 Å². The molecule has 114 valence electrons. The van der Waals surface area contributed by atoms with Gasteiger partial charge in [0.1, 0.15) is 12.4 Å². The average Bonchev–Trinajstić information content (AvgIpc) is 2.49. The lowest BCUT2D eigenvalue weighted by atomic mass is 10.1. The molecule has 2 aromatic carbocycles. The fourth-order valence-corrected chi connectivity index (χ4v) is 2.02. The largest absolute Gasteiger partial charge is 0.491 e. The van der Waals surface area contributed by atoms with Crippen molar-refractivity contribution in [1.82, 2.24) is 5.32 Å². The van der Waals surface area contributed by atoms with Crippen LogP contribution in [0.25, 0.3) is 10.8 Å². The number of carbonyl (C=O) groups excluding carboxylic acids is 1. The van der Waals surface area contributed by atoms with Gasteiger partial charge in [-0.2, -0.15) is 0 Å². The van der Waals surface area contributed by atoms with Crippen LogP contribution in [-0.4, -0.2) is 25.6 Å². The molecule has 0 unspecified atom stereocenters. The number of halogens is 1. The summed E-state index contributed by atoms with van der Waals surface area (Å²) in [4.78, 5) is 11.4. The van der Waals surface area contributed by atoms with Gasteiger partial charge in [0, 0.05) is 11.8 Å². The number of hydrogen-bond donors (Lipinski definition) is 2. The lowest BCUT2D eigenvalue weighted by Crippen LogP contribution is -2.28. The van der Waals surface area contributed by atoms with Gasteiger partial charge >= 0.3 is 0 Å². The molecule has 0 radical (unpaired) electrons. The van der Waals surface area contributed by atoms with Crippen LogP contribution < -0.4 is 15.8 Å². The topological polar surface area (TPSA) is 64.4 Å². The first kappa shape index (κ1) is 17.3. The quantitative estimate of drug-likeness (QED) is 0.772. The number of rotatable bonds is 7. The number of nitrogens with one attached hydrogen (secondary N) is 1. The Bertz CT molecular complexity index is 570. The van der Waals surface area contributed by atoms with Crippen molar-refractivity contribution in [2.75, 3.05) is 19.7 Å². The van der Waals surface area contributed by atoms with Gasteiger partial charge in [-0.3, -0.25) is 4.79 Å². The highest BCUT2D eigenvalue weighted by Gasteiger charge is 2.02. The van der Waals surface area contributed by atoms with E-state index in [9.17, 15) is 4.79 Å². The Morgan fingerprint density at radius 3 is 2.71 bits per heavy atom. The molecule has 2 aromatic rings. The Labute approximate surface area is 131 Å². The molecule has 0 bridgehead atoms. The van der Waals surface area contributed by atoms with E-state index in [-0.39, 0.29) is 18.3 Å². The van der Waals surface area contributed by atoms with E-state index in [1.165, 1.54) is 0 Å². The Morgan fingerprint density at radius 1 is 1.14 bits per heavy atom. The molecule has 1 amide bonds. The summed E-state index contributed by atoms with van der Waals surface area (Å²) in [6.07, 6.45) is 1.20. The summed E-state index contributed by atoms with van der Waals surface area (Å²) >= 11 is 0. The van der Waals surface area contributed by atoms with E-state index >= 15 is 0 Å². The van der Waals surface area contributed by atoms with Crippen molar-refractivity contribution < 1.29 is 9.53 Å². The van der Waals surface area contributed by atoms with Crippen molar-refractivity contribution in [3.05, 3.63) is 42.5 Å². The number of ether oxygens (including phenoxy) is 1. The molecule has 0 fully saturated rings. The Morgan fingerprint density at radius 2 is 1.90 bits per heavy atom. The maximum atomic E-state index is 11.4. The van der Waals surface area contributed by atoms with E-state index in [4.69, 9.17) is 10.5 Å². The number of hydrogen-bond acceptors (Lipinski definition) is 3. The molecule has 0 aliphatic heterocycles. The molecule has 5 heteroatoms. The summed E-state index contributed by atoms with van der Waals surface area (Å²) in [7, 11) is 0. The molecule has 0 aliphatic carbocycles. The minimum Gasteiger partial charge on any atom is -0.491 e. The van der Waals surface area contributed by atoms with Crippen LogP contribution in [0, 0.1) is 0 Å². The zero-order valence-electron chi connectivity index (χ0n) is 11.9. The molecule has 0 heterocycles. The third-order valence-electron chi connectivity index (χ3n) is 3.04. The molecule has 4 nitrogen and oxygen atoms in total. The second-order valence-electron chi connectivity index (χ2n) is 4.57. The van der Waals surface area contributed by atoms with Crippen LogP contribution in [0.1, 0.15) is 12.8 Å². The van der Waals surface area contributed by atoms with Gasteiger partial charge in [-0.15, -0.1) is 12.4 Å². The molecule has 2 rings (SSSR count). The first-order valence-corrected chi connectivity index (χ1v) is 6.88. The zero-order valence-corrected chi connectivity index (χ0v) is 12.7. The molecular formula is C16H21ClN2O2. The Hall–Kier alpha value is -1.78. The van der Waals surface area contributed by atoms with E-state index in [1.807, 2.05) is 30.3 Å². The smallest absolute Gasteiger partial charge is 0.220 e. The van der Waals surface area contributed by atoms with Gasteiger partial charge in [0.05, 0.1) is 6.54 Å². The lowest BCUT2D eigenvalue weighted by molar-refractivity contribution is -0.121. The average molecular weight is 309 g/mol. The van der Waals surface area contributed by atoms with Gasteiger partial charge in [-0.05, 0) is 24.4 Å². The van der Waals surface area contributed by atoms with E-state index < -0.39 is 0 Å². The molecule has 0 aliphatic rings. The third-order valence-corrected chi connectivity index (χ3v) is 3.04. The van der Waals surface area contributed by atoms with Crippen LogP contribution in [0.5, 0.6) is 5.75 Å². The van der Waals surface area contributed by atoms with Crippen LogP contribution in [0.2, 0.25) is 0 Å². The Balaban J connectivity index is 0.00000220. The number of amides is 1. The van der Waals surface area contributed by atoms with Gasteiger partial charge in [0.25, 0.3) is 0 Å².